The molecular formula is C24H32N4O2. The van der Waals surface area contributed by atoms with Gasteiger partial charge in [-0.3, -0.25) is 4.90 Å². The van der Waals surface area contributed by atoms with Crippen LogP contribution in [0.15, 0.2) is 24.3 Å². The molecule has 1 aromatic heterocycles. The number of aromatic hydroxyl groups is 1. The third-order valence-corrected chi connectivity index (χ3v) is 6.82. The minimum absolute atomic E-state index is 0.303. The third-order valence-electron chi connectivity index (χ3n) is 6.82. The average Bonchev–Trinajstić information content (AvgIpc) is 3.61. The molecule has 6 heteroatoms. The predicted molar refractivity (Wildman–Crippen MR) is 118 cm³/mol. The van der Waals surface area contributed by atoms with Gasteiger partial charge >= 0.3 is 0 Å². The number of piperidine rings is 1. The van der Waals surface area contributed by atoms with Gasteiger partial charge in [0.15, 0.2) is 0 Å². The molecule has 0 bridgehead atoms. The van der Waals surface area contributed by atoms with Crippen LogP contribution >= 0.6 is 0 Å². The molecule has 1 saturated carbocycles. The molecule has 5 rings (SSSR count). The lowest BCUT2D eigenvalue weighted by Crippen LogP contribution is -2.48. The number of aryl methyl sites for hydroxylation is 1. The fourth-order valence-corrected chi connectivity index (χ4v) is 4.96. The minimum atomic E-state index is 0.303. The van der Waals surface area contributed by atoms with Crippen LogP contribution in [0.5, 0.6) is 5.75 Å². The molecule has 6 nitrogen and oxygen atoms in total. The number of aromatic nitrogens is 2. The van der Waals surface area contributed by atoms with Gasteiger partial charge in [-0.15, -0.1) is 10.2 Å². The molecule has 160 valence electrons. The maximum Gasteiger partial charge on any atom is 0.149 e. The van der Waals surface area contributed by atoms with Gasteiger partial charge in [0.2, 0.25) is 0 Å². The molecule has 0 amide bonds. The standard InChI is InChI=1S/C24H32N4O2/c1-16-13-23(25-19-3-2-10-28(15-19)20-8-11-30-12-9-20)26-27-24(16)21-7-6-18(14-22(21)29)17-4-5-17/h6-7,13-14,17,19-20,29H,2-5,8-12,15H2,1H3,(H,25,26)/t19-/m0/s1. The number of phenols is 1. The summed E-state index contributed by atoms with van der Waals surface area (Å²) in [5, 5.41) is 23.1. The number of hydrogen-bond acceptors (Lipinski definition) is 6. The zero-order chi connectivity index (χ0) is 20.5. The second-order valence-electron chi connectivity index (χ2n) is 9.13. The number of hydrogen-bond donors (Lipinski definition) is 2. The highest BCUT2D eigenvalue weighted by molar-refractivity contribution is 5.70. The van der Waals surface area contributed by atoms with Gasteiger partial charge < -0.3 is 15.2 Å². The molecule has 1 atom stereocenters. The van der Waals surface area contributed by atoms with Crippen LogP contribution in [0.25, 0.3) is 11.3 Å². The molecular weight excluding hydrogens is 376 g/mol. The average molecular weight is 409 g/mol. The summed E-state index contributed by atoms with van der Waals surface area (Å²) < 4.78 is 5.53. The van der Waals surface area contributed by atoms with E-state index in [9.17, 15) is 5.11 Å². The lowest BCUT2D eigenvalue weighted by molar-refractivity contribution is 0.0255. The van der Waals surface area contributed by atoms with Crippen molar-refractivity contribution in [1.29, 1.82) is 0 Å². The summed E-state index contributed by atoms with van der Waals surface area (Å²) in [6, 6.07) is 9.11. The lowest BCUT2D eigenvalue weighted by atomic mass is 9.99. The number of ether oxygens (including phenoxy) is 1. The van der Waals surface area contributed by atoms with Crippen LogP contribution in [0.2, 0.25) is 0 Å². The zero-order valence-corrected chi connectivity index (χ0v) is 17.8. The van der Waals surface area contributed by atoms with Crippen LogP contribution in [-0.4, -0.2) is 58.6 Å². The molecule has 3 heterocycles. The minimum Gasteiger partial charge on any atom is -0.507 e. The van der Waals surface area contributed by atoms with Crippen LogP contribution in [-0.2, 0) is 4.74 Å². The van der Waals surface area contributed by atoms with E-state index >= 15 is 0 Å². The Bertz CT molecular complexity index is 893. The Labute approximate surface area is 178 Å². The molecule has 30 heavy (non-hydrogen) atoms. The van der Waals surface area contributed by atoms with Crippen molar-refractivity contribution in [3.63, 3.8) is 0 Å². The van der Waals surface area contributed by atoms with Crippen LogP contribution in [0.3, 0.4) is 0 Å². The van der Waals surface area contributed by atoms with Crippen molar-refractivity contribution in [2.45, 2.75) is 63.5 Å². The molecule has 3 fully saturated rings. The van der Waals surface area contributed by atoms with Crippen molar-refractivity contribution in [2.24, 2.45) is 0 Å². The van der Waals surface area contributed by atoms with E-state index in [0.717, 1.165) is 61.7 Å². The van der Waals surface area contributed by atoms with Crippen molar-refractivity contribution in [3.8, 4) is 17.0 Å². The van der Waals surface area contributed by atoms with E-state index in [0.29, 0.717) is 23.8 Å². The lowest BCUT2D eigenvalue weighted by Gasteiger charge is -2.40. The van der Waals surface area contributed by atoms with Gasteiger partial charge in [0.1, 0.15) is 11.6 Å². The SMILES string of the molecule is Cc1cc(N[C@H]2CCCN(C3CCOCC3)C2)nnc1-c1ccc(C2CC2)cc1O. The summed E-state index contributed by atoms with van der Waals surface area (Å²) >= 11 is 0. The van der Waals surface area contributed by atoms with Crippen molar-refractivity contribution in [1.82, 2.24) is 15.1 Å². The topological polar surface area (TPSA) is 70.5 Å². The Kier molecular flexibility index (Phi) is 5.61. The number of phenolic OH excluding ortho intramolecular Hbond substituents is 1. The predicted octanol–water partition coefficient (Wildman–Crippen LogP) is 4.09. The summed E-state index contributed by atoms with van der Waals surface area (Å²) in [5.41, 5.74) is 3.78. The number of nitrogens with zero attached hydrogens (tertiary/aromatic N) is 3. The Morgan fingerprint density at radius 2 is 1.90 bits per heavy atom. The van der Waals surface area contributed by atoms with Gasteiger partial charge in [0.25, 0.3) is 0 Å². The molecule has 0 radical (unpaired) electrons. The molecule has 0 unspecified atom stereocenters. The molecule has 1 aliphatic carbocycles. The van der Waals surface area contributed by atoms with Crippen LogP contribution in [0.4, 0.5) is 5.82 Å². The quantitative estimate of drug-likeness (QED) is 0.777. The molecule has 2 N–H and O–H groups in total. The molecule has 0 spiro atoms. The molecule has 1 aromatic carbocycles. The molecule has 3 aliphatic rings. The van der Waals surface area contributed by atoms with E-state index in [1.165, 1.54) is 31.4 Å². The Balaban J connectivity index is 1.26. The highest BCUT2D eigenvalue weighted by Gasteiger charge is 2.28. The van der Waals surface area contributed by atoms with Gasteiger partial charge in [-0.1, -0.05) is 6.07 Å². The first kappa shape index (κ1) is 19.8. The Morgan fingerprint density at radius 3 is 2.63 bits per heavy atom. The number of nitrogens with one attached hydrogen (secondary N) is 1. The van der Waals surface area contributed by atoms with E-state index in [-0.39, 0.29) is 0 Å². The third kappa shape index (κ3) is 4.30. The van der Waals surface area contributed by atoms with E-state index < -0.39 is 0 Å². The summed E-state index contributed by atoms with van der Waals surface area (Å²) in [4.78, 5) is 2.62. The number of anilines is 1. The van der Waals surface area contributed by atoms with Crippen LogP contribution < -0.4 is 5.32 Å². The van der Waals surface area contributed by atoms with E-state index in [1.54, 1.807) is 0 Å². The highest BCUT2D eigenvalue weighted by Crippen LogP contribution is 2.43. The smallest absolute Gasteiger partial charge is 0.149 e. The van der Waals surface area contributed by atoms with Crippen molar-refractivity contribution >= 4 is 5.82 Å². The molecule has 2 saturated heterocycles. The van der Waals surface area contributed by atoms with Gasteiger partial charge in [-0.25, -0.2) is 0 Å². The number of likely N-dealkylation sites (tertiary alicyclic amines) is 1. The van der Waals surface area contributed by atoms with E-state index in [4.69, 9.17) is 4.74 Å². The largest absolute Gasteiger partial charge is 0.507 e. The number of benzene rings is 1. The second kappa shape index (κ2) is 8.52. The van der Waals surface area contributed by atoms with Crippen molar-refractivity contribution < 1.29 is 9.84 Å². The van der Waals surface area contributed by atoms with E-state index in [1.807, 2.05) is 19.1 Å². The van der Waals surface area contributed by atoms with Crippen LogP contribution in [0.1, 0.15) is 55.6 Å². The summed E-state index contributed by atoms with van der Waals surface area (Å²) in [6.07, 6.45) is 7.11. The fraction of sp³-hybridized carbons (Fsp3) is 0.583. The van der Waals surface area contributed by atoms with Gasteiger partial charge in [0, 0.05) is 37.4 Å². The second-order valence-corrected chi connectivity index (χ2v) is 9.13. The maximum absolute atomic E-state index is 10.5. The first-order valence-corrected chi connectivity index (χ1v) is 11.4. The van der Waals surface area contributed by atoms with E-state index in [2.05, 4.69) is 32.5 Å². The first-order chi connectivity index (χ1) is 14.7. The zero-order valence-electron chi connectivity index (χ0n) is 17.8. The van der Waals surface area contributed by atoms with Crippen molar-refractivity contribution in [3.05, 3.63) is 35.4 Å². The molecule has 2 aliphatic heterocycles. The summed E-state index contributed by atoms with van der Waals surface area (Å²) in [7, 11) is 0. The summed E-state index contributed by atoms with van der Waals surface area (Å²) in [6.45, 7) is 6.05. The van der Waals surface area contributed by atoms with Gasteiger partial charge in [-0.2, -0.15) is 0 Å². The van der Waals surface area contributed by atoms with Gasteiger partial charge in [0.05, 0.1) is 5.69 Å². The van der Waals surface area contributed by atoms with Crippen LogP contribution in [0, 0.1) is 6.92 Å². The van der Waals surface area contributed by atoms with Gasteiger partial charge in [-0.05, 0) is 87.2 Å². The fourth-order valence-electron chi connectivity index (χ4n) is 4.96. The first-order valence-electron chi connectivity index (χ1n) is 11.4. The maximum atomic E-state index is 10.5. The van der Waals surface area contributed by atoms with Crippen molar-refractivity contribution in [2.75, 3.05) is 31.6 Å². The summed E-state index contributed by atoms with van der Waals surface area (Å²) in [5.74, 6) is 1.75. The molecule has 2 aromatic rings. The Hall–Kier alpha value is -2.18. The normalized spacial score (nSPS) is 23.4. The number of rotatable bonds is 5. The Morgan fingerprint density at radius 1 is 1.07 bits per heavy atom. The monoisotopic (exact) mass is 408 g/mol. The highest BCUT2D eigenvalue weighted by atomic mass is 16.5.